The van der Waals surface area contributed by atoms with Crippen molar-refractivity contribution < 1.29 is 9.90 Å². The molecule has 5 nitrogen and oxygen atoms in total. The summed E-state index contributed by atoms with van der Waals surface area (Å²) in [6, 6.07) is 3.79. The van der Waals surface area contributed by atoms with Gasteiger partial charge in [-0.3, -0.25) is 4.79 Å². The number of rotatable bonds is 3. The first-order valence-electron chi connectivity index (χ1n) is 9.37. The average molecular weight is 331 g/mol. The van der Waals surface area contributed by atoms with Crippen LogP contribution >= 0.6 is 0 Å². The van der Waals surface area contributed by atoms with Crippen molar-refractivity contribution in [3.63, 3.8) is 0 Å². The largest absolute Gasteiger partial charge is 0.391 e. The summed E-state index contributed by atoms with van der Waals surface area (Å²) in [5.74, 6) is 0.967. The van der Waals surface area contributed by atoms with Crippen molar-refractivity contribution in [2.75, 3.05) is 24.5 Å². The smallest absolute Gasteiger partial charge is 0.255 e. The van der Waals surface area contributed by atoms with Crippen LogP contribution in [0, 0.1) is 0 Å². The SMILES string of the molecule is CC(O)C1CCCCN1C(=O)c1ccc(N2CCCCCC2)nc1. The number of likely N-dealkylation sites (tertiary alicyclic amines) is 1. The van der Waals surface area contributed by atoms with Gasteiger partial charge in [0.1, 0.15) is 5.82 Å². The maximum atomic E-state index is 12.8. The van der Waals surface area contributed by atoms with Crippen LogP contribution < -0.4 is 4.90 Å². The second-order valence-corrected chi connectivity index (χ2v) is 7.11. The summed E-state index contributed by atoms with van der Waals surface area (Å²) in [5, 5.41) is 9.97. The molecule has 132 valence electrons. The Labute approximate surface area is 144 Å². The number of aliphatic hydroxyl groups excluding tert-OH is 1. The van der Waals surface area contributed by atoms with Gasteiger partial charge in [-0.15, -0.1) is 0 Å². The van der Waals surface area contributed by atoms with Crippen LogP contribution in [-0.4, -0.2) is 52.7 Å². The van der Waals surface area contributed by atoms with E-state index in [4.69, 9.17) is 0 Å². The summed E-state index contributed by atoms with van der Waals surface area (Å²) in [6.07, 6.45) is 9.20. The Morgan fingerprint density at radius 1 is 1.12 bits per heavy atom. The zero-order valence-electron chi connectivity index (χ0n) is 14.7. The normalized spacial score (nSPS) is 23.7. The van der Waals surface area contributed by atoms with E-state index in [9.17, 15) is 9.90 Å². The maximum absolute atomic E-state index is 12.8. The first-order chi connectivity index (χ1) is 11.7. The first kappa shape index (κ1) is 17.2. The van der Waals surface area contributed by atoms with Crippen molar-refractivity contribution in [3.8, 4) is 0 Å². The molecule has 5 heteroatoms. The summed E-state index contributed by atoms with van der Waals surface area (Å²) in [6.45, 7) is 4.60. The number of nitrogens with zero attached hydrogens (tertiary/aromatic N) is 3. The van der Waals surface area contributed by atoms with Crippen molar-refractivity contribution in [2.45, 2.75) is 64.0 Å². The zero-order valence-corrected chi connectivity index (χ0v) is 14.7. The number of hydrogen-bond donors (Lipinski definition) is 1. The number of hydrogen-bond acceptors (Lipinski definition) is 4. The molecule has 0 spiro atoms. The van der Waals surface area contributed by atoms with E-state index >= 15 is 0 Å². The minimum absolute atomic E-state index is 0.00415. The molecule has 0 radical (unpaired) electrons. The van der Waals surface area contributed by atoms with Crippen LogP contribution in [0.2, 0.25) is 0 Å². The molecule has 2 unspecified atom stereocenters. The quantitative estimate of drug-likeness (QED) is 0.925. The number of aliphatic hydroxyl groups is 1. The second-order valence-electron chi connectivity index (χ2n) is 7.11. The molecule has 2 aliphatic rings. The number of anilines is 1. The number of amides is 1. The van der Waals surface area contributed by atoms with Gasteiger partial charge >= 0.3 is 0 Å². The van der Waals surface area contributed by atoms with Gasteiger partial charge in [0.05, 0.1) is 17.7 Å². The Bertz CT molecular complexity index is 536. The highest BCUT2D eigenvalue weighted by molar-refractivity contribution is 5.94. The van der Waals surface area contributed by atoms with E-state index in [0.29, 0.717) is 5.56 Å². The monoisotopic (exact) mass is 331 g/mol. The molecule has 3 rings (SSSR count). The molecule has 24 heavy (non-hydrogen) atoms. The Kier molecular flexibility index (Phi) is 5.72. The number of pyridine rings is 1. The van der Waals surface area contributed by atoms with E-state index < -0.39 is 6.10 Å². The Morgan fingerprint density at radius 3 is 2.46 bits per heavy atom. The van der Waals surface area contributed by atoms with E-state index in [1.165, 1.54) is 25.7 Å². The lowest BCUT2D eigenvalue weighted by Crippen LogP contribution is -2.48. The molecule has 0 aromatic carbocycles. The molecule has 1 aromatic rings. The van der Waals surface area contributed by atoms with Crippen molar-refractivity contribution in [2.24, 2.45) is 0 Å². The van der Waals surface area contributed by atoms with E-state index in [0.717, 1.165) is 44.7 Å². The third-order valence-corrected chi connectivity index (χ3v) is 5.29. The molecule has 1 aromatic heterocycles. The highest BCUT2D eigenvalue weighted by Crippen LogP contribution is 2.23. The second kappa shape index (κ2) is 7.97. The van der Waals surface area contributed by atoms with E-state index in [2.05, 4.69) is 9.88 Å². The third kappa shape index (κ3) is 3.89. The van der Waals surface area contributed by atoms with Gasteiger partial charge in [0.15, 0.2) is 0 Å². The average Bonchev–Trinajstić information content (AvgIpc) is 2.90. The van der Waals surface area contributed by atoms with Crippen molar-refractivity contribution >= 4 is 11.7 Å². The minimum atomic E-state index is -0.487. The molecular formula is C19H29N3O2. The summed E-state index contributed by atoms with van der Waals surface area (Å²) >= 11 is 0. The van der Waals surface area contributed by atoms with Gasteiger partial charge in [-0.2, -0.15) is 0 Å². The van der Waals surface area contributed by atoms with Gasteiger partial charge in [0, 0.05) is 25.8 Å². The highest BCUT2D eigenvalue weighted by Gasteiger charge is 2.30. The first-order valence-corrected chi connectivity index (χ1v) is 9.37. The number of aromatic nitrogens is 1. The van der Waals surface area contributed by atoms with Crippen LogP contribution in [0.15, 0.2) is 18.3 Å². The lowest BCUT2D eigenvalue weighted by molar-refractivity contribution is 0.0280. The Balaban J connectivity index is 1.71. The van der Waals surface area contributed by atoms with E-state index in [1.54, 1.807) is 13.1 Å². The lowest BCUT2D eigenvalue weighted by atomic mass is 9.97. The van der Waals surface area contributed by atoms with Crippen LogP contribution in [0.1, 0.15) is 62.2 Å². The lowest BCUT2D eigenvalue weighted by Gasteiger charge is -2.37. The molecule has 2 saturated heterocycles. The highest BCUT2D eigenvalue weighted by atomic mass is 16.3. The molecule has 0 aliphatic carbocycles. The van der Waals surface area contributed by atoms with Crippen molar-refractivity contribution in [1.82, 2.24) is 9.88 Å². The van der Waals surface area contributed by atoms with E-state index in [1.807, 2.05) is 17.0 Å². The van der Waals surface area contributed by atoms with Crippen molar-refractivity contribution in [3.05, 3.63) is 23.9 Å². The number of carbonyl (C=O) groups is 1. The Morgan fingerprint density at radius 2 is 1.83 bits per heavy atom. The minimum Gasteiger partial charge on any atom is -0.391 e. The van der Waals surface area contributed by atoms with Gasteiger partial charge < -0.3 is 14.9 Å². The predicted octanol–water partition coefficient (Wildman–Crippen LogP) is 2.84. The van der Waals surface area contributed by atoms with Gasteiger partial charge in [-0.25, -0.2) is 4.98 Å². The molecule has 3 heterocycles. The fourth-order valence-corrected chi connectivity index (χ4v) is 3.88. The van der Waals surface area contributed by atoms with Crippen LogP contribution in [0.3, 0.4) is 0 Å². The molecule has 2 atom stereocenters. The topological polar surface area (TPSA) is 56.7 Å². The van der Waals surface area contributed by atoms with E-state index in [-0.39, 0.29) is 11.9 Å². The summed E-state index contributed by atoms with van der Waals surface area (Å²) in [4.78, 5) is 21.5. The molecule has 0 saturated carbocycles. The van der Waals surface area contributed by atoms with Crippen molar-refractivity contribution in [1.29, 1.82) is 0 Å². The number of carbonyl (C=O) groups excluding carboxylic acids is 1. The molecule has 1 amide bonds. The van der Waals surface area contributed by atoms with Crippen LogP contribution in [0.4, 0.5) is 5.82 Å². The van der Waals surface area contributed by atoms with Gasteiger partial charge in [-0.05, 0) is 51.2 Å². The third-order valence-electron chi connectivity index (χ3n) is 5.29. The van der Waals surface area contributed by atoms with Gasteiger partial charge in [0.25, 0.3) is 5.91 Å². The van der Waals surface area contributed by atoms with Crippen LogP contribution in [0.5, 0.6) is 0 Å². The summed E-state index contributed by atoms with van der Waals surface area (Å²) in [5.41, 5.74) is 0.626. The maximum Gasteiger partial charge on any atom is 0.255 e. The molecule has 2 fully saturated rings. The predicted molar refractivity (Wildman–Crippen MR) is 95.3 cm³/mol. The fraction of sp³-hybridized carbons (Fsp3) is 0.684. The number of piperidine rings is 1. The van der Waals surface area contributed by atoms with Crippen LogP contribution in [-0.2, 0) is 0 Å². The molecule has 0 bridgehead atoms. The fourth-order valence-electron chi connectivity index (χ4n) is 3.88. The summed E-state index contributed by atoms with van der Waals surface area (Å²) in [7, 11) is 0. The van der Waals surface area contributed by atoms with Gasteiger partial charge in [0.2, 0.25) is 0 Å². The molecular weight excluding hydrogens is 302 g/mol. The molecule has 2 aliphatic heterocycles. The zero-order chi connectivity index (χ0) is 16.9. The summed E-state index contributed by atoms with van der Waals surface area (Å²) < 4.78 is 0. The Hall–Kier alpha value is -1.62. The molecule has 1 N–H and O–H groups in total. The standard InChI is InChI=1S/C19H29N3O2/c1-15(23)17-8-4-7-13-22(17)19(24)16-9-10-18(20-14-16)21-11-5-2-3-6-12-21/h9-10,14-15,17,23H,2-8,11-13H2,1H3. The van der Waals surface area contributed by atoms with Gasteiger partial charge in [-0.1, -0.05) is 12.8 Å². The van der Waals surface area contributed by atoms with Crippen LogP contribution in [0.25, 0.3) is 0 Å².